The predicted molar refractivity (Wildman–Crippen MR) is 102 cm³/mol. The van der Waals surface area contributed by atoms with Gasteiger partial charge in [-0.15, -0.1) is 0 Å². The third kappa shape index (κ3) is 2.78. The van der Waals surface area contributed by atoms with Gasteiger partial charge in [0.05, 0.1) is 5.39 Å². The minimum atomic E-state index is 0.138. The van der Waals surface area contributed by atoms with Gasteiger partial charge in [0.2, 0.25) is 5.95 Å². The molecule has 0 radical (unpaired) electrons. The number of benzene rings is 2. The Morgan fingerprint density at radius 3 is 2.64 bits per heavy atom. The number of rotatable bonds is 3. The molecule has 0 saturated carbocycles. The fourth-order valence-corrected chi connectivity index (χ4v) is 3.01. The summed E-state index contributed by atoms with van der Waals surface area (Å²) in [5.41, 5.74) is 15.3. The number of nitrogen functional groups attached to an aromatic ring is 2. The Labute approximate surface area is 144 Å². The Morgan fingerprint density at radius 1 is 1.00 bits per heavy atom. The maximum atomic E-state index is 6.00. The van der Waals surface area contributed by atoms with Crippen LogP contribution in [0.2, 0.25) is 0 Å². The van der Waals surface area contributed by atoms with Crippen LogP contribution in [0.3, 0.4) is 0 Å². The third-order valence-corrected chi connectivity index (χ3v) is 4.37. The van der Waals surface area contributed by atoms with Crippen LogP contribution in [0.1, 0.15) is 11.1 Å². The zero-order chi connectivity index (χ0) is 17.4. The largest absolute Gasteiger partial charge is 0.383 e. The first-order valence-electron chi connectivity index (χ1n) is 8.01. The summed E-state index contributed by atoms with van der Waals surface area (Å²) in [4.78, 5) is 12.6. The van der Waals surface area contributed by atoms with Crippen LogP contribution >= 0.6 is 0 Å². The van der Waals surface area contributed by atoms with Crippen molar-refractivity contribution in [1.82, 2.24) is 15.0 Å². The van der Waals surface area contributed by atoms with E-state index in [0.717, 1.165) is 22.2 Å². The predicted octanol–water partition coefficient (Wildman–Crippen LogP) is 3.26. The Morgan fingerprint density at radius 2 is 1.80 bits per heavy atom. The van der Waals surface area contributed by atoms with Crippen molar-refractivity contribution in [3.63, 3.8) is 0 Å². The fourth-order valence-electron chi connectivity index (χ4n) is 3.01. The molecule has 124 valence electrons. The lowest BCUT2D eigenvalue weighted by molar-refractivity contribution is 1.09. The van der Waals surface area contributed by atoms with Crippen LogP contribution in [0.4, 0.5) is 17.5 Å². The molecule has 0 aliphatic rings. The quantitative estimate of drug-likeness (QED) is 0.533. The van der Waals surface area contributed by atoms with Crippen LogP contribution in [0.5, 0.6) is 0 Å². The van der Waals surface area contributed by atoms with Gasteiger partial charge < -0.3 is 16.8 Å². The molecule has 6 nitrogen and oxygen atoms in total. The van der Waals surface area contributed by atoms with Crippen LogP contribution in [-0.4, -0.2) is 15.0 Å². The standard InChI is InChI=1S/C19H18N6/c1-11-14(10-23-18-16(11)17(20)24-19(21)25-18)9-22-15-7-6-12-4-2-3-5-13(12)8-15/h2-8,10,22H,9H2,1H3,(H4,20,21,23,24,25). The molecule has 5 N–H and O–H groups in total. The number of fused-ring (bicyclic) bond motifs is 2. The number of nitrogens with zero attached hydrogens (tertiary/aromatic N) is 3. The highest BCUT2D eigenvalue weighted by atomic mass is 15.1. The lowest BCUT2D eigenvalue weighted by Gasteiger charge is -2.12. The molecule has 0 aliphatic heterocycles. The topological polar surface area (TPSA) is 103 Å². The average molecular weight is 330 g/mol. The number of nitrogens with two attached hydrogens (primary N) is 2. The molecular formula is C19H18N6. The Bertz CT molecular complexity index is 1090. The van der Waals surface area contributed by atoms with Gasteiger partial charge in [-0.1, -0.05) is 30.3 Å². The zero-order valence-corrected chi connectivity index (χ0v) is 13.8. The highest BCUT2D eigenvalue weighted by Crippen LogP contribution is 2.25. The molecule has 0 unspecified atom stereocenters. The van der Waals surface area contributed by atoms with Gasteiger partial charge in [0.1, 0.15) is 5.82 Å². The lowest BCUT2D eigenvalue weighted by Crippen LogP contribution is -2.07. The van der Waals surface area contributed by atoms with Gasteiger partial charge in [0.15, 0.2) is 5.65 Å². The summed E-state index contributed by atoms with van der Waals surface area (Å²) in [6, 6.07) is 14.6. The Kier molecular flexibility index (Phi) is 3.57. The highest BCUT2D eigenvalue weighted by Gasteiger charge is 2.11. The molecule has 2 heterocycles. The van der Waals surface area contributed by atoms with Gasteiger partial charge in [-0.3, -0.25) is 0 Å². The van der Waals surface area contributed by atoms with E-state index in [1.165, 1.54) is 10.8 Å². The molecule has 0 saturated heterocycles. The maximum absolute atomic E-state index is 6.00. The average Bonchev–Trinajstić information content (AvgIpc) is 2.60. The summed E-state index contributed by atoms with van der Waals surface area (Å²) >= 11 is 0. The SMILES string of the molecule is Cc1c(CNc2ccc3ccccc3c2)cnc2nc(N)nc(N)c12. The van der Waals surface area contributed by atoms with E-state index in [0.29, 0.717) is 18.0 Å². The van der Waals surface area contributed by atoms with Gasteiger partial charge in [0, 0.05) is 18.4 Å². The molecule has 4 aromatic rings. The number of anilines is 3. The summed E-state index contributed by atoms with van der Waals surface area (Å²) < 4.78 is 0. The monoisotopic (exact) mass is 330 g/mol. The summed E-state index contributed by atoms with van der Waals surface area (Å²) in [6.45, 7) is 2.63. The molecule has 25 heavy (non-hydrogen) atoms. The van der Waals surface area contributed by atoms with Gasteiger partial charge in [0.25, 0.3) is 0 Å². The minimum absolute atomic E-state index is 0.138. The van der Waals surface area contributed by atoms with Crippen molar-refractivity contribution in [3.05, 3.63) is 59.8 Å². The fraction of sp³-hybridized carbons (Fsp3) is 0.105. The molecule has 0 atom stereocenters. The van der Waals surface area contributed by atoms with Crippen molar-refractivity contribution in [2.45, 2.75) is 13.5 Å². The van der Waals surface area contributed by atoms with E-state index in [9.17, 15) is 0 Å². The Hall–Kier alpha value is -3.41. The first kappa shape index (κ1) is 15.1. The summed E-state index contributed by atoms with van der Waals surface area (Å²) in [6.07, 6.45) is 1.80. The second-order valence-corrected chi connectivity index (χ2v) is 5.99. The van der Waals surface area contributed by atoms with E-state index in [1.54, 1.807) is 6.20 Å². The molecule has 0 spiro atoms. The van der Waals surface area contributed by atoms with Crippen molar-refractivity contribution in [3.8, 4) is 0 Å². The minimum Gasteiger partial charge on any atom is -0.383 e. The number of nitrogens with one attached hydrogen (secondary N) is 1. The summed E-state index contributed by atoms with van der Waals surface area (Å²) in [5.74, 6) is 0.499. The number of aryl methyl sites for hydroxylation is 1. The van der Waals surface area contributed by atoms with Crippen LogP contribution in [0.25, 0.3) is 21.8 Å². The van der Waals surface area contributed by atoms with Crippen LogP contribution in [0.15, 0.2) is 48.7 Å². The molecule has 2 aromatic carbocycles. The van der Waals surface area contributed by atoms with Crippen LogP contribution in [0, 0.1) is 6.92 Å². The Balaban J connectivity index is 1.65. The number of hydrogen-bond acceptors (Lipinski definition) is 6. The van der Waals surface area contributed by atoms with E-state index < -0.39 is 0 Å². The molecular weight excluding hydrogens is 312 g/mol. The summed E-state index contributed by atoms with van der Waals surface area (Å²) in [7, 11) is 0. The number of pyridine rings is 1. The van der Waals surface area contributed by atoms with Gasteiger partial charge in [-0.25, -0.2) is 4.98 Å². The highest BCUT2D eigenvalue weighted by molar-refractivity contribution is 5.90. The van der Waals surface area contributed by atoms with E-state index in [1.807, 2.05) is 19.1 Å². The first-order chi connectivity index (χ1) is 12.1. The van der Waals surface area contributed by atoms with E-state index in [2.05, 4.69) is 50.6 Å². The van der Waals surface area contributed by atoms with Crippen molar-refractivity contribution in [2.24, 2.45) is 0 Å². The van der Waals surface area contributed by atoms with Crippen molar-refractivity contribution < 1.29 is 0 Å². The summed E-state index contributed by atoms with van der Waals surface area (Å²) in [5, 5.41) is 6.62. The van der Waals surface area contributed by atoms with Gasteiger partial charge in [-0.2, -0.15) is 9.97 Å². The second-order valence-electron chi connectivity index (χ2n) is 5.99. The third-order valence-electron chi connectivity index (χ3n) is 4.37. The van der Waals surface area contributed by atoms with Crippen molar-refractivity contribution in [1.29, 1.82) is 0 Å². The number of aromatic nitrogens is 3. The van der Waals surface area contributed by atoms with E-state index in [-0.39, 0.29) is 5.95 Å². The molecule has 0 aliphatic carbocycles. The molecule has 4 rings (SSSR count). The van der Waals surface area contributed by atoms with Crippen molar-refractivity contribution >= 4 is 39.3 Å². The van der Waals surface area contributed by atoms with Crippen LogP contribution in [-0.2, 0) is 6.54 Å². The molecule has 0 amide bonds. The smallest absolute Gasteiger partial charge is 0.224 e. The van der Waals surface area contributed by atoms with Crippen LogP contribution < -0.4 is 16.8 Å². The second kappa shape index (κ2) is 5.90. The number of hydrogen-bond donors (Lipinski definition) is 3. The first-order valence-corrected chi connectivity index (χ1v) is 8.01. The normalized spacial score (nSPS) is 11.1. The van der Waals surface area contributed by atoms with Crippen molar-refractivity contribution in [2.75, 3.05) is 16.8 Å². The maximum Gasteiger partial charge on any atom is 0.224 e. The van der Waals surface area contributed by atoms with Gasteiger partial charge in [-0.05, 0) is 41.0 Å². The van der Waals surface area contributed by atoms with Gasteiger partial charge >= 0.3 is 0 Å². The van der Waals surface area contributed by atoms with E-state index >= 15 is 0 Å². The molecule has 2 aromatic heterocycles. The van der Waals surface area contributed by atoms with E-state index in [4.69, 9.17) is 11.5 Å². The molecule has 0 bridgehead atoms. The zero-order valence-electron chi connectivity index (χ0n) is 13.8. The lowest BCUT2D eigenvalue weighted by atomic mass is 10.1. The molecule has 6 heteroatoms. The molecule has 0 fully saturated rings.